The van der Waals surface area contributed by atoms with Crippen LogP contribution in [-0.2, 0) is 5.54 Å². The lowest BCUT2D eigenvalue weighted by Crippen LogP contribution is -2.31. The molecular formula is C21H31N7O. The van der Waals surface area contributed by atoms with Crippen molar-refractivity contribution in [3.8, 4) is 11.9 Å². The Morgan fingerprint density at radius 1 is 1.28 bits per heavy atom. The Kier molecular flexibility index (Phi) is 6.38. The first-order valence-electron chi connectivity index (χ1n) is 10.2. The average Bonchev–Trinajstić information content (AvgIpc) is 3.10. The van der Waals surface area contributed by atoms with Crippen LogP contribution in [0.15, 0.2) is 12.4 Å². The number of nitrogens with one attached hydrogen (secondary N) is 2. The Balaban J connectivity index is 1.66. The highest BCUT2D eigenvalue weighted by Crippen LogP contribution is 2.27. The highest BCUT2D eigenvalue weighted by atomic mass is 16.5. The van der Waals surface area contributed by atoms with E-state index in [2.05, 4.69) is 31.8 Å². The molecule has 1 fully saturated rings. The van der Waals surface area contributed by atoms with E-state index in [-0.39, 0.29) is 0 Å². The fourth-order valence-electron chi connectivity index (χ4n) is 3.49. The molecule has 0 aliphatic heterocycles. The van der Waals surface area contributed by atoms with Gasteiger partial charge in [0, 0.05) is 17.8 Å². The van der Waals surface area contributed by atoms with Gasteiger partial charge in [-0.1, -0.05) is 0 Å². The number of nitriles is 1. The van der Waals surface area contributed by atoms with Crippen molar-refractivity contribution in [3.05, 3.63) is 23.7 Å². The summed E-state index contributed by atoms with van der Waals surface area (Å²) in [6, 6.07) is 2.89. The summed E-state index contributed by atoms with van der Waals surface area (Å²) in [6.45, 7) is 8.17. The molecule has 2 aromatic rings. The maximum absolute atomic E-state index is 9.32. The van der Waals surface area contributed by atoms with Crippen LogP contribution in [0.5, 0.6) is 5.88 Å². The number of hydrogen-bond donors (Lipinski definition) is 2. The lowest BCUT2D eigenvalue weighted by molar-refractivity contribution is 0.188. The van der Waals surface area contributed by atoms with E-state index in [0.29, 0.717) is 30.4 Å². The second-order valence-electron chi connectivity index (χ2n) is 8.37. The van der Waals surface area contributed by atoms with E-state index in [9.17, 15) is 5.26 Å². The van der Waals surface area contributed by atoms with Crippen molar-refractivity contribution in [3.63, 3.8) is 0 Å². The van der Waals surface area contributed by atoms with E-state index in [1.54, 1.807) is 10.9 Å². The molecule has 0 atom stereocenters. The molecule has 3 rings (SSSR count). The second kappa shape index (κ2) is 8.78. The number of aromatic nitrogens is 4. The van der Waals surface area contributed by atoms with E-state index in [0.717, 1.165) is 16.9 Å². The maximum atomic E-state index is 9.32. The van der Waals surface area contributed by atoms with Crippen LogP contribution in [-0.4, -0.2) is 39.4 Å². The second-order valence-corrected chi connectivity index (χ2v) is 8.37. The number of anilines is 2. The van der Waals surface area contributed by atoms with Crippen molar-refractivity contribution >= 4 is 11.6 Å². The SMILES string of the molecule is CNC1CCC(COc2nc(Nc3cn(C(C)(C)C#N)nc3C)ncc2C)CC1. The van der Waals surface area contributed by atoms with Crippen LogP contribution in [0.1, 0.15) is 50.8 Å². The van der Waals surface area contributed by atoms with Gasteiger partial charge >= 0.3 is 0 Å². The Morgan fingerprint density at radius 2 is 2.00 bits per heavy atom. The third-order valence-electron chi connectivity index (χ3n) is 5.63. The van der Waals surface area contributed by atoms with E-state index in [4.69, 9.17) is 4.74 Å². The molecule has 0 saturated heterocycles. The van der Waals surface area contributed by atoms with Gasteiger partial charge in [-0.05, 0) is 66.3 Å². The number of nitrogens with zero attached hydrogens (tertiary/aromatic N) is 5. The van der Waals surface area contributed by atoms with Crippen LogP contribution in [0.3, 0.4) is 0 Å². The first-order chi connectivity index (χ1) is 13.8. The van der Waals surface area contributed by atoms with Crippen LogP contribution >= 0.6 is 0 Å². The molecule has 2 N–H and O–H groups in total. The zero-order valence-electron chi connectivity index (χ0n) is 18.0. The minimum atomic E-state index is -0.723. The number of hydrogen-bond acceptors (Lipinski definition) is 7. The van der Waals surface area contributed by atoms with Crippen molar-refractivity contribution in [2.75, 3.05) is 19.0 Å². The molecule has 0 aromatic carbocycles. The molecule has 0 radical (unpaired) electrons. The monoisotopic (exact) mass is 397 g/mol. The molecule has 0 bridgehead atoms. The Labute approximate surface area is 172 Å². The first-order valence-corrected chi connectivity index (χ1v) is 10.2. The zero-order valence-corrected chi connectivity index (χ0v) is 18.0. The lowest BCUT2D eigenvalue weighted by Gasteiger charge is -2.28. The quantitative estimate of drug-likeness (QED) is 0.738. The normalized spacial score (nSPS) is 19.6. The lowest BCUT2D eigenvalue weighted by atomic mass is 9.87. The summed E-state index contributed by atoms with van der Waals surface area (Å²) >= 11 is 0. The van der Waals surface area contributed by atoms with E-state index in [1.807, 2.05) is 40.9 Å². The van der Waals surface area contributed by atoms with E-state index in [1.165, 1.54) is 25.7 Å². The molecule has 1 saturated carbocycles. The Morgan fingerprint density at radius 3 is 2.66 bits per heavy atom. The molecule has 8 heteroatoms. The van der Waals surface area contributed by atoms with Crippen molar-refractivity contribution in [1.29, 1.82) is 5.26 Å². The third kappa shape index (κ3) is 5.04. The predicted octanol–water partition coefficient (Wildman–Crippen LogP) is 3.45. The highest BCUT2D eigenvalue weighted by molar-refractivity contribution is 5.55. The van der Waals surface area contributed by atoms with Crippen LogP contribution in [0.25, 0.3) is 0 Å². The minimum absolute atomic E-state index is 0.460. The van der Waals surface area contributed by atoms with Gasteiger partial charge in [0.15, 0.2) is 0 Å². The molecule has 0 unspecified atom stereocenters. The zero-order chi connectivity index (χ0) is 21.0. The molecule has 156 valence electrons. The number of aryl methyl sites for hydroxylation is 2. The number of ether oxygens (including phenoxy) is 1. The average molecular weight is 398 g/mol. The van der Waals surface area contributed by atoms with Crippen LogP contribution in [0.4, 0.5) is 11.6 Å². The summed E-state index contributed by atoms with van der Waals surface area (Å²) in [5.41, 5.74) is 1.74. The van der Waals surface area contributed by atoms with Crippen LogP contribution in [0.2, 0.25) is 0 Å². The summed E-state index contributed by atoms with van der Waals surface area (Å²) in [4.78, 5) is 8.93. The molecule has 2 aromatic heterocycles. The van der Waals surface area contributed by atoms with Gasteiger partial charge in [0.25, 0.3) is 0 Å². The van der Waals surface area contributed by atoms with Gasteiger partial charge in [0.2, 0.25) is 11.8 Å². The largest absolute Gasteiger partial charge is 0.477 e. The predicted molar refractivity (Wildman–Crippen MR) is 112 cm³/mol. The van der Waals surface area contributed by atoms with Crippen molar-refractivity contribution in [2.24, 2.45) is 5.92 Å². The van der Waals surface area contributed by atoms with Crippen LogP contribution < -0.4 is 15.4 Å². The Bertz CT molecular complexity index is 876. The summed E-state index contributed by atoms with van der Waals surface area (Å²) in [5.74, 6) is 1.64. The molecule has 8 nitrogen and oxygen atoms in total. The summed E-state index contributed by atoms with van der Waals surface area (Å²) < 4.78 is 7.71. The smallest absolute Gasteiger partial charge is 0.230 e. The Hall–Kier alpha value is -2.66. The molecule has 29 heavy (non-hydrogen) atoms. The summed E-state index contributed by atoms with van der Waals surface area (Å²) in [6.07, 6.45) is 8.32. The fourth-order valence-corrected chi connectivity index (χ4v) is 3.49. The molecule has 0 spiro atoms. The highest BCUT2D eigenvalue weighted by Gasteiger charge is 2.23. The van der Waals surface area contributed by atoms with Gasteiger partial charge in [-0.25, -0.2) is 4.98 Å². The third-order valence-corrected chi connectivity index (χ3v) is 5.63. The molecule has 2 heterocycles. The van der Waals surface area contributed by atoms with Gasteiger partial charge in [-0.15, -0.1) is 0 Å². The minimum Gasteiger partial charge on any atom is -0.477 e. The fraction of sp³-hybridized carbons (Fsp3) is 0.619. The van der Waals surface area contributed by atoms with Crippen molar-refractivity contribution < 1.29 is 4.74 Å². The van der Waals surface area contributed by atoms with Gasteiger partial charge in [0.05, 0.1) is 30.3 Å². The maximum Gasteiger partial charge on any atom is 0.230 e. The van der Waals surface area contributed by atoms with Crippen molar-refractivity contribution in [2.45, 2.75) is 65.0 Å². The number of rotatable bonds is 7. The molecular weight excluding hydrogens is 366 g/mol. The van der Waals surface area contributed by atoms with Gasteiger partial charge in [-0.3, -0.25) is 4.68 Å². The standard InChI is InChI=1S/C21H31N7O/c1-14-10-24-20(25-18-11-28(27-15(18)2)21(3,4)13-22)26-19(14)29-12-16-6-8-17(23-5)9-7-16/h10-11,16-17,23H,6-9,12H2,1-5H3,(H,24,25,26). The topological polar surface area (TPSA) is 101 Å². The van der Waals surface area contributed by atoms with Crippen molar-refractivity contribution in [1.82, 2.24) is 25.1 Å². The van der Waals surface area contributed by atoms with Crippen LogP contribution in [0, 0.1) is 31.1 Å². The van der Waals surface area contributed by atoms with Gasteiger partial charge in [-0.2, -0.15) is 15.3 Å². The van der Waals surface area contributed by atoms with E-state index >= 15 is 0 Å². The molecule has 1 aliphatic carbocycles. The van der Waals surface area contributed by atoms with Gasteiger partial charge in [0.1, 0.15) is 5.54 Å². The summed E-state index contributed by atoms with van der Waals surface area (Å²) in [7, 11) is 2.03. The molecule has 0 amide bonds. The summed E-state index contributed by atoms with van der Waals surface area (Å²) in [5, 5.41) is 20.3. The molecule has 1 aliphatic rings. The van der Waals surface area contributed by atoms with Gasteiger partial charge < -0.3 is 15.4 Å². The first kappa shape index (κ1) is 21.1. The van der Waals surface area contributed by atoms with E-state index < -0.39 is 5.54 Å².